The molecule has 2 saturated heterocycles. The topological polar surface area (TPSA) is 573 Å². The van der Waals surface area contributed by atoms with Crippen LogP contribution in [0.1, 0.15) is 225 Å². The van der Waals surface area contributed by atoms with E-state index in [9.17, 15) is 133 Å². The Morgan fingerprint density at radius 2 is 0.417 bits per heavy atom. The van der Waals surface area contributed by atoms with Crippen molar-refractivity contribution in [2.24, 2.45) is 23.7 Å². The number of alkyl halides is 3. The fourth-order valence-corrected chi connectivity index (χ4v) is 16.9. The maximum atomic E-state index is 14.2. The van der Waals surface area contributed by atoms with Crippen molar-refractivity contribution in [3.05, 3.63) is 370 Å². The predicted molar refractivity (Wildman–Crippen MR) is 460 cm³/mol. The molecule has 12 heterocycles. The quantitative estimate of drug-likeness (QED) is 0.0474. The number of carbonyl (C=O) groups is 21. The van der Waals surface area contributed by atoms with Crippen LogP contribution in [0.5, 0.6) is 34.5 Å². The van der Waals surface area contributed by atoms with Crippen LogP contribution in [0.4, 0.5) is 13.2 Å². The largest absolute Gasteiger partial charge is 0.457 e. The molecule has 10 aliphatic heterocycles. The van der Waals surface area contributed by atoms with Gasteiger partial charge in [-0.25, -0.2) is 95.9 Å². The van der Waals surface area contributed by atoms with Crippen LogP contribution >= 0.6 is 0 Å². The third kappa shape index (κ3) is 16.1. The van der Waals surface area contributed by atoms with E-state index in [2.05, 4.69) is 70.1 Å². The van der Waals surface area contributed by atoms with Gasteiger partial charge in [0.25, 0.3) is 0 Å². The van der Waals surface area contributed by atoms with E-state index in [4.69, 9.17) is 14.2 Å². The first kappa shape index (κ1) is 93.0. The Labute approximate surface area is 793 Å². The summed E-state index contributed by atoms with van der Waals surface area (Å²) in [5, 5.41) is -0.0726. The molecule has 0 N–H and O–H groups in total. The zero-order valence-corrected chi connectivity index (χ0v) is 72.4. The van der Waals surface area contributed by atoms with Crippen molar-refractivity contribution in [3.63, 3.8) is 0 Å². The van der Waals surface area contributed by atoms with Crippen molar-refractivity contribution in [1.29, 1.82) is 0 Å². The highest BCUT2D eigenvalue weighted by Gasteiger charge is 2.73. The van der Waals surface area contributed by atoms with Crippen LogP contribution in [0.3, 0.4) is 0 Å². The summed E-state index contributed by atoms with van der Waals surface area (Å²) in [4.78, 5) is 287. The van der Waals surface area contributed by atoms with Crippen LogP contribution in [0.2, 0.25) is 0 Å². The molecule has 0 radical (unpaired) electrons. The summed E-state index contributed by atoms with van der Waals surface area (Å²) in [6.45, 7) is 5.08. The number of hydrogen-bond acceptors (Lipinski definition) is 40. The van der Waals surface area contributed by atoms with Crippen LogP contribution in [-0.2, 0) is 77.4 Å². The van der Waals surface area contributed by atoms with E-state index < -0.39 is 183 Å². The van der Waals surface area contributed by atoms with Crippen LogP contribution in [0.25, 0.3) is 21.5 Å². The van der Waals surface area contributed by atoms with Gasteiger partial charge in [-0.15, -0.1) is 0 Å². The minimum absolute atomic E-state index is 0.0154. The Morgan fingerprint density at radius 1 is 0.222 bits per heavy atom. The summed E-state index contributed by atoms with van der Waals surface area (Å²) in [7, 11) is 0. The Bertz CT molecular complexity index is 7900. The molecule has 1 saturated carbocycles. The van der Waals surface area contributed by atoms with E-state index in [1.807, 2.05) is 48.5 Å². The molecule has 11 aromatic carbocycles. The molecule has 40 nitrogen and oxygen atoms in total. The minimum atomic E-state index is -4.84. The third-order valence-corrected chi connectivity index (χ3v) is 24.6. The molecule has 3 fully saturated rings. The first-order valence-corrected chi connectivity index (χ1v) is 41.7. The lowest BCUT2D eigenvalue weighted by molar-refractivity contribution is -0.173. The number of halogens is 3. The van der Waals surface area contributed by atoms with E-state index in [0.717, 1.165) is 66.6 Å². The lowest BCUT2D eigenvalue weighted by Crippen LogP contribution is -2.50. The van der Waals surface area contributed by atoms with Crippen LogP contribution < -0.4 is 36.7 Å². The highest BCUT2D eigenvalue weighted by Crippen LogP contribution is 2.55. The van der Waals surface area contributed by atoms with Gasteiger partial charge in [0, 0.05) is 16.5 Å². The van der Waals surface area contributed by atoms with Crippen LogP contribution in [0, 0.1) is 23.7 Å². The molecule has 2 aromatic heterocycles. The summed E-state index contributed by atoms with van der Waals surface area (Å²) in [5.74, 6) is -16.5. The highest BCUT2D eigenvalue weighted by molar-refractivity contribution is 6.22. The number of furan rings is 2. The summed E-state index contributed by atoms with van der Waals surface area (Å²) in [6.07, 6.45) is -4.84. The van der Waals surface area contributed by atoms with Crippen molar-refractivity contribution in [2.45, 2.75) is 37.8 Å². The second-order valence-electron chi connectivity index (χ2n) is 33.1. The van der Waals surface area contributed by atoms with E-state index in [0.29, 0.717) is 23.0 Å². The fraction of sp³-hybridized carbons (Fsp3) is 0.0990. The minimum Gasteiger partial charge on any atom is -0.457 e. The first-order chi connectivity index (χ1) is 68.4. The second kappa shape index (κ2) is 34.6. The number of hydrogen-bond donors (Lipinski definition) is 0. The summed E-state index contributed by atoms with van der Waals surface area (Å²) < 4.78 is 113. The number of fused-ring (bicyclic) bond motifs is 14. The van der Waals surface area contributed by atoms with Gasteiger partial charge < -0.3 is 70.4 Å². The molecule has 712 valence electrons. The number of esters is 20. The Kier molecular flexibility index (Phi) is 22.3. The van der Waals surface area contributed by atoms with Crippen molar-refractivity contribution < 1.29 is 184 Å². The average Bonchev–Trinajstić information content (AvgIpc) is 1.54. The smallest absolute Gasteiger partial charge is 0.402 e. The van der Waals surface area contributed by atoms with Gasteiger partial charge >= 0.3 is 148 Å². The van der Waals surface area contributed by atoms with Gasteiger partial charge in [0.15, 0.2) is 5.78 Å². The molecular formula is C101H47F3O40. The van der Waals surface area contributed by atoms with Crippen LogP contribution in [-0.4, -0.2) is 131 Å². The molecule has 13 aromatic rings. The Hall–Kier alpha value is -20.0. The number of carbonyl (C=O) groups excluding carboxylic acids is 21. The van der Waals surface area contributed by atoms with E-state index >= 15 is 0 Å². The standard InChI is InChI=1S/C31H20O8.C19H9F3O6.C17H6O7.C16H6O7.C10H2O6.C8H4O6/c1-31(2,17-3-7-19(8-4-17)36-21-11-13-23-25(15-21)29(34)38-27(23)32)18-5-9-20(10-6-18)37-22-12-14-24-26(16-22)30(35)39-28(24)33;1-18(19(20,21)22,8-2-4-10-12(6-8)16(25)27-14(10)23)9-3-5-11-13(7-9)17(26)28-15(11)24;18-13(7-1-3-9-11(5-7)16(21)23-14(9)19)8-2-4-10-12(6-8)17(22)24-15(10)20;17-13-9-3-1-7(5-11(9)15(19)22-13)21-8-2-4-10-12(6-8)16(20)23-14(10)18;11-7-3-1-4-6(10(14)16-8(4)12)2-5(3)9(13)15-7;9-5-1-2(6(10)13-5)4-3(1)7(11)14-8(4)12/h3-16H,1-2H3;2-7H,1H3;1-6H;1-6H;1-2H;1-4H. The lowest BCUT2D eigenvalue weighted by Gasteiger charge is -2.33. The predicted octanol–water partition coefficient (Wildman–Crippen LogP) is 11.2. The van der Waals surface area contributed by atoms with Crippen molar-refractivity contribution >= 4 is 147 Å². The van der Waals surface area contributed by atoms with E-state index in [1.54, 1.807) is 12.1 Å². The van der Waals surface area contributed by atoms with Gasteiger partial charge in [0.2, 0.25) is 0 Å². The molecule has 43 heteroatoms. The molecule has 24 rings (SSSR count). The molecule has 144 heavy (non-hydrogen) atoms. The molecule has 0 bridgehead atoms. The molecule has 0 spiro atoms. The average molecular weight is 1960 g/mol. The zero-order valence-electron chi connectivity index (χ0n) is 72.4. The molecule has 0 atom stereocenters. The molecule has 0 unspecified atom stereocenters. The Morgan fingerprint density at radius 3 is 0.660 bits per heavy atom. The van der Waals surface area contributed by atoms with Crippen molar-refractivity contribution in [1.82, 2.24) is 0 Å². The SMILES string of the molecule is CC(C)(c1ccc(Oc2ccc3c(c2)C(=O)OC3=O)cc1)c1ccc(Oc2ccc3c(c2)C(=O)OC3=O)cc1.CC(c1ccc2c(c1)C(=O)OC2=O)(c1ccc2c(c1)C(=O)OC2=O)C(F)(F)F.O=C(c1ccc2c(c1)C(=O)OC2=O)c1ccc2c(c1)C(=O)OC2=O.O=C1OC(=O)C2C1C1C(=O)OC(=O)C21.O=C1OC(=O)c2cc(Oc3ccc4c(c3)C(=O)OC4=O)ccc21.O=c1oc(=O)c2cc3c(=O)oc(=O)c3cc12. The number of benzene rings is 11. The Balaban J connectivity index is 0.000000113. The zero-order chi connectivity index (χ0) is 102. The van der Waals surface area contributed by atoms with Crippen molar-refractivity contribution in [3.8, 4) is 34.5 Å². The van der Waals surface area contributed by atoms with Gasteiger partial charge in [-0.2, -0.15) is 13.2 Å². The maximum Gasteiger partial charge on any atom is 0.402 e. The summed E-state index contributed by atoms with van der Waals surface area (Å²) in [5.41, 5.74) is -3.69. The van der Waals surface area contributed by atoms with Gasteiger partial charge in [0.05, 0.1) is 134 Å². The number of rotatable bonds is 12. The van der Waals surface area contributed by atoms with Gasteiger partial charge in [-0.1, -0.05) is 62.4 Å². The number of cyclic esters (lactones) is 20. The van der Waals surface area contributed by atoms with Crippen molar-refractivity contribution in [2.75, 3.05) is 0 Å². The number of ketones is 1. The first-order valence-electron chi connectivity index (χ1n) is 41.7. The molecule has 11 aliphatic rings. The third-order valence-electron chi connectivity index (χ3n) is 24.6. The molecule has 1 aliphatic carbocycles. The van der Waals surface area contributed by atoms with Crippen LogP contribution in [0.15, 0.2) is 234 Å². The molecule has 0 amide bonds. The normalized spacial score (nSPS) is 17.4. The highest BCUT2D eigenvalue weighted by atomic mass is 19.4. The van der Waals surface area contributed by atoms with Gasteiger partial charge in [-0.05, 0) is 187 Å². The monoisotopic (exact) mass is 1960 g/mol. The second-order valence-corrected chi connectivity index (χ2v) is 33.1. The summed E-state index contributed by atoms with van der Waals surface area (Å²) >= 11 is 0. The number of ether oxygens (including phenoxy) is 13. The summed E-state index contributed by atoms with van der Waals surface area (Å²) in [6, 6.07) is 49.6. The maximum absolute atomic E-state index is 14.2. The van der Waals surface area contributed by atoms with E-state index in [-0.39, 0.29) is 150 Å². The lowest BCUT2D eigenvalue weighted by atomic mass is 9.59. The van der Waals surface area contributed by atoms with Gasteiger partial charge in [-0.3, -0.25) is 24.0 Å². The van der Waals surface area contributed by atoms with E-state index in [1.165, 1.54) is 97.1 Å². The van der Waals surface area contributed by atoms with Gasteiger partial charge in [0.1, 0.15) is 39.9 Å². The molecular weight excluding hydrogens is 1910 g/mol. The fourth-order valence-electron chi connectivity index (χ4n) is 16.9.